The minimum Gasteiger partial charge on any atom is -0.475 e. The van der Waals surface area contributed by atoms with E-state index in [1.165, 1.54) is 7.11 Å². The number of carbonyl (C=O) groups is 1. The van der Waals surface area contributed by atoms with Gasteiger partial charge >= 0.3 is 0 Å². The average molecular weight is 491 g/mol. The summed E-state index contributed by atoms with van der Waals surface area (Å²) in [5, 5.41) is 10.0. The van der Waals surface area contributed by atoms with E-state index in [-0.39, 0.29) is 23.7 Å². The molecular formula is C21H26N6O6S. The molecule has 0 atom stereocenters. The summed E-state index contributed by atoms with van der Waals surface area (Å²) in [6, 6.07) is 9.78. The monoisotopic (exact) mass is 490 g/mol. The maximum absolute atomic E-state index is 12.2. The van der Waals surface area contributed by atoms with E-state index >= 15 is 0 Å². The predicted molar refractivity (Wildman–Crippen MR) is 127 cm³/mol. The molecule has 0 aliphatic heterocycles. The summed E-state index contributed by atoms with van der Waals surface area (Å²) in [6.07, 6.45) is 1.55. The molecule has 12 nitrogen and oxygen atoms in total. The third-order valence-corrected chi connectivity index (χ3v) is 5.80. The van der Waals surface area contributed by atoms with Crippen LogP contribution in [0.15, 0.2) is 42.6 Å². The molecule has 2 aromatic heterocycles. The first kappa shape index (κ1) is 25.0. The highest BCUT2D eigenvalue weighted by atomic mass is 32.2. The van der Waals surface area contributed by atoms with Crippen LogP contribution in [0.5, 0.6) is 5.88 Å². The molecule has 0 unspecified atom stereocenters. The molecule has 0 aliphatic carbocycles. The summed E-state index contributed by atoms with van der Waals surface area (Å²) < 4.78 is 41.8. The SMILES string of the molecule is COCCOc1cc(Nc2n[nH]c(-c3ccc(NS(=O)(=O)CCOC)cc3)c2C(N)=O)ccn1. The van der Waals surface area contributed by atoms with E-state index in [4.69, 9.17) is 19.9 Å². The maximum Gasteiger partial charge on any atom is 0.254 e. The Morgan fingerprint density at radius 3 is 2.47 bits per heavy atom. The number of H-pyrrole nitrogens is 1. The van der Waals surface area contributed by atoms with Gasteiger partial charge in [-0.1, -0.05) is 12.1 Å². The number of benzene rings is 1. The summed E-state index contributed by atoms with van der Waals surface area (Å²) in [4.78, 5) is 16.4. The fourth-order valence-electron chi connectivity index (χ4n) is 2.94. The van der Waals surface area contributed by atoms with Crippen molar-refractivity contribution in [3.63, 3.8) is 0 Å². The zero-order valence-electron chi connectivity index (χ0n) is 18.7. The third-order valence-electron chi connectivity index (χ3n) is 4.55. The van der Waals surface area contributed by atoms with Crippen LogP contribution >= 0.6 is 0 Å². The molecule has 1 amide bonds. The van der Waals surface area contributed by atoms with Crippen LogP contribution in [0, 0.1) is 0 Å². The number of hydrogen-bond donors (Lipinski definition) is 4. The van der Waals surface area contributed by atoms with Crippen molar-refractivity contribution in [2.45, 2.75) is 0 Å². The number of nitrogens with zero attached hydrogens (tertiary/aromatic N) is 2. The van der Waals surface area contributed by atoms with Crippen molar-refractivity contribution >= 4 is 33.1 Å². The Labute approximate surface area is 196 Å². The van der Waals surface area contributed by atoms with Crippen LogP contribution in [-0.2, 0) is 19.5 Å². The highest BCUT2D eigenvalue weighted by molar-refractivity contribution is 7.92. The number of sulfonamides is 1. The third kappa shape index (κ3) is 6.66. The zero-order valence-corrected chi connectivity index (χ0v) is 19.5. The van der Waals surface area contributed by atoms with Crippen LogP contribution in [-0.4, -0.2) is 69.3 Å². The normalized spacial score (nSPS) is 11.2. The van der Waals surface area contributed by atoms with Crippen LogP contribution < -0.4 is 20.5 Å². The lowest BCUT2D eigenvalue weighted by Crippen LogP contribution is -2.19. The minimum atomic E-state index is -3.54. The van der Waals surface area contributed by atoms with Gasteiger partial charge in [-0.05, 0) is 18.2 Å². The molecule has 0 bridgehead atoms. The number of aromatic amines is 1. The molecule has 0 fully saturated rings. The highest BCUT2D eigenvalue weighted by Crippen LogP contribution is 2.30. The molecule has 0 aliphatic rings. The molecule has 182 valence electrons. The van der Waals surface area contributed by atoms with Gasteiger partial charge in [-0.2, -0.15) is 5.10 Å². The number of hydrogen-bond acceptors (Lipinski definition) is 9. The largest absolute Gasteiger partial charge is 0.475 e. The van der Waals surface area contributed by atoms with E-state index in [9.17, 15) is 13.2 Å². The van der Waals surface area contributed by atoms with E-state index < -0.39 is 15.9 Å². The fraction of sp³-hybridized carbons (Fsp3) is 0.286. The van der Waals surface area contributed by atoms with Crippen LogP contribution in [0.4, 0.5) is 17.2 Å². The molecule has 34 heavy (non-hydrogen) atoms. The number of methoxy groups -OCH3 is 2. The number of anilines is 3. The van der Waals surface area contributed by atoms with E-state index in [0.717, 1.165) is 0 Å². The van der Waals surface area contributed by atoms with E-state index in [1.54, 1.807) is 49.7 Å². The van der Waals surface area contributed by atoms with Gasteiger partial charge in [0.2, 0.25) is 15.9 Å². The molecule has 0 spiro atoms. The van der Waals surface area contributed by atoms with Crippen LogP contribution in [0.25, 0.3) is 11.3 Å². The number of nitrogens with one attached hydrogen (secondary N) is 3. The van der Waals surface area contributed by atoms with Crippen molar-refractivity contribution in [2.24, 2.45) is 5.73 Å². The van der Waals surface area contributed by atoms with Gasteiger partial charge in [0.1, 0.15) is 12.2 Å². The summed E-state index contributed by atoms with van der Waals surface area (Å²) >= 11 is 0. The van der Waals surface area contributed by atoms with Gasteiger partial charge in [-0.3, -0.25) is 14.6 Å². The highest BCUT2D eigenvalue weighted by Gasteiger charge is 2.20. The zero-order chi connectivity index (χ0) is 24.6. The molecular weight excluding hydrogens is 464 g/mol. The van der Waals surface area contributed by atoms with Crippen LogP contribution in [0.3, 0.4) is 0 Å². The Kier molecular flexibility index (Phi) is 8.40. The number of pyridine rings is 1. The lowest BCUT2D eigenvalue weighted by atomic mass is 10.1. The predicted octanol–water partition coefficient (Wildman–Crippen LogP) is 1.73. The number of carbonyl (C=O) groups excluding carboxylic acids is 1. The number of amides is 1. The lowest BCUT2D eigenvalue weighted by Gasteiger charge is -2.09. The van der Waals surface area contributed by atoms with Crippen molar-refractivity contribution < 1.29 is 27.4 Å². The Morgan fingerprint density at radius 1 is 1.06 bits per heavy atom. The quantitative estimate of drug-likeness (QED) is 0.260. The Morgan fingerprint density at radius 2 is 1.79 bits per heavy atom. The van der Waals surface area contributed by atoms with Gasteiger partial charge in [0.15, 0.2) is 5.82 Å². The maximum atomic E-state index is 12.2. The molecule has 0 saturated carbocycles. The number of primary amides is 1. The molecule has 1 aromatic carbocycles. The molecule has 3 rings (SSSR count). The summed E-state index contributed by atoms with van der Waals surface area (Å²) in [7, 11) is -0.536. The van der Waals surface area contributed by atoms with E-state index in [2.05, 4.69) is 25.2 Å². The molecule has 3 aromatic rings. The number of nitrogens with two attached hydrogens (primary N) is 1. The van der Waals surface area contributed by atoms with Gasteiger partial charge in [-0.15, -0.1) is 0 Å². The van der Waals surface area contributed by atoms with Gasteiger partial charge in [0, 0.05) is 43.4 Å². The Balaban J connectivity index is 1.79. The average Bonchev–Trinajstić information content (AvgIpc) is 3.22. The molecule has 2 heterocycles. The second-order valence-corrected chi connectivity index (χ2v) is 8.87. The van der Waals surface area contributed by atoms with Gasteiger partial charge < -0.3 is 25.3 Å². The van der Waals surface area contributed by atoms with Gasteiger partial charge in [0.25, 0.3) is 5.91 Å². The summed E-state index contributed by atoms with van der Waals surface area (Å²) in [6.45, 7) is 0.837. The molecule has 0 radical (unpaired) electrons. The Bertz CT molecular complexity index is 1210. The van der Waals surface area contributed by atoms with Crippen molar-refractivity contribution in [3.8, 4) is 17.1 Å². The fourth-order valence-corrected chi connectivity index (χ4v) is 3.93. The topological polar surface area (TPSA) is 171 Å². The number of aromatic nitrogens is 3. The van der Waals surface area contributed by atoms with E-state index in [0.29, 0.717) is 41.7 Å². The van der Waals surface area contributed by atoms with Gasteiger partial charge in [-0.25, -0.2) is 13.4 Å². The standard InChI is InChI=1S/C21H26N6O6S/c1-31-9-10-33-17-13-16(7-8-23-17)24-21-18(20(22)28)19(25-26-21)14-3-5-15(6-4-14)27-34(29,30)12-11-32-2/h3-8,13,27H,9-12H2,1-2H3,(H2,22,28)(H2,23,24,25,26). The van der Waals surface area contributed by atoms with Crippen molar-refractivity contribution in [3.05, 3.63) is 48.2 Å². The minimum absolute atomic E-state index is 0.0809. The van der Waals surface area contributed by atoms with Gasteiger partial charge in [0.05, 0.1) is 24.7 Å². The summed E-state index contributed by atoms with van der Waals surface area (Å²) in [5.41, 5.74) is 7.71. The molecule has 5 N–H and O–H groups in total. The first-order chi connectivity index (χ1) is 16.3. The van der Waals surface area contributed by atoms with Crippen molar-refractivity contribution in [1.29, 1.82) is 0 Å². The molecule has 13 heteroatoms. The smallest absolute Gasteiger partial charge is 0.254 e. The van der Waals surface area contributed by atoms with Crippen LogP contribution in [0.1, 0.15) is 10.4 Å². The van der Waals surface area contributed by atoms with Crippen LogP contribution in [0.2, 0.25) is 0 Å². The first-order valence-corrected chi connectivity index (χ1v) is 11.8. The Hall–Kier alpha value is -3.68. The first-order valence-electron chi connectivity index (χ1n) is 10.2. The van der Waals surface area contributed by atoms with E-state index in [1.807, 2.05) is 0 Å². The second-order valence-electron chi connectivity index (χ2n) is 7.03. The lowest BCUT2D eigenvalue weighted by molar-refractivity contribution is 0.100. The molecule has 0 saturated heterocycles. The number of rotatable bonds is 13. The van der Waals surface area contributed by atoms with Crippen molar-refractivity contribution in [2.75, 3.05) is 49.8 Å². The number of ether oxygens (including phenoxy) is 3. The van der Waals surface area contributed by atoms with Crippen molar-refractivity contribution in [1.82, 2.24) is 15.2 Å². The summed E-state index contributed by atoms with van der Waals surface area (Å²) in [5.74, 6) is -0.259. The second kappa shape index (κ2) is 11.4.